The Bertz CT molecular complexity index is 1100. The first-order valence-corrected chi connectivity index (χ1v) is 11.5. The van der Waals surface area contributed by atoms with E-state index in [1.807, 2.05) is 61.5 Å². The van der Waals surface area contributed by atoms with E-state index in [1.54, 1.807) is 7.11 Å². The molecule has 1 atom stereocenters. The predicted molar refractivity (Wildman–Crippen MR) is 128 cm³/mol. The molecule has 3 aromatic rings. The van der Waals surface area contributed by atoms with E-state index in [0.29, 0.717) is 6.42 Å². The smallest absolute Gasteiger partial charge is 0.328 e. The van der Waals surface area contributed by atoms with E-state index in [4.69, 9.17) is 9.47 Å². The molecule has 0 aliphatic heterocycles. The molecule has 1 N–H and O–H groups in total. The van der Waals surface area contributed by atoms with E-state index in [1.165, 1.54) is 18.9 Å². The average molecular weight is 502 g/mol. The van der Waals surface area contributed by atoms with Gasteiger partial charge in [0.05, 0.1) is 20.0 Å². The van der Waals surface area contributed by atoms with Gasteiger partial charge in [-0.05, 0) is 56.9 Å². The molecule has 0 aliphatic rings. The minimum absolute atomic E-state index is 0.182. The van der Waals surface area contributed by atoms with Gasteiger partial charge in [0.15, 0.2) is 0 Å². The van der Waals surface area contributed by atoms with E-state index < -0.39 is 12.0 Å². The summed E-state index contributed by atoms with van der Waals surface area (Å²) in [5.74, 6) is 0.204. The first-order valence-electron chi connectivity index (χ1n) is 9.73. The minimum Gasteiger partial charge on any atom is -0.496 e. The van der Waals surface area contributed by atoms with Gasteiger partial charge in [0, 0.05) is 15.8 Å². The molecule has 3 rings (SSSR count). The molecule has 0 aliphatic carbocycles. The van der Waals surface area contributed by atoms with Crippen molar-refractivity contribution in [3.63, 3.8) is 0 Å². The van der Waals surface area contributed by atoms with Gasteiger partial charge in [-0.1, -0.05) is 42.5 Å². The SMILES string of the molecule is COC(=O)C(Cc1ccc(C)c(OC)c1)NC(=O)CSc1ccc2ccccc2c1Br. The summed E-state index contributed by atoms with van der Waals surface area (Å²) in [5, 5.41) is 5.02. The number of halogens is 1. The topological polar surface area (TPSA) is 64.6 Å². The molecule has 0 radical (unpaired) electrons. The van der Waals surface area contributed by atoms with E-state index in [0.717, 1.165) is 37.0 Å². The lowest BCUT2D eigenvalue weighted by Crippen LogP contribution is -2.43. The summed E-state index contributed by atoms with van der Waals surface area (Å²) >= 11 is 5.06. The van der Waals surface area contributed by atoms with Gasteiger partial charge in [-0.3, -0.25) is 4.79 Å². The number of hydrogen-bond donors (Lipinski definition) is 1. The molecule has 162 valence electrons. The summed E-state index contributed by atoms with van der Waals surface area (Å²) in [6.07, 6.45) is 0.319. The number of carbonyl (C=O) groups is 2. The molecule has 0 spiro atoms. The van der Waals surface area contributed by atoms with Gasteiger partial charge in [-0.25, -0.2) is 4.79 Å². The van der Waals surface area contributed by atoms with Crippen molar-refractivity contribution >= 4 is 50.3 Å². The van der Waals surface area contributed by atoms with Crippen molar-refractivity contribution in [1.82, 2.24) is 5.32 Å². The second kappa shape index (κ2) is 10.7. The molecular weight excluding hydrogens is 478 g/mol. The number of hydrogen-bond acceptors (Lipinski definition) is 5. The molecule has 0 saturated heterocycles. The highest BCUT2D eigenvalue weighted by molar-refractivity contribution is 9.10. The zero-order valence-electron chi connectivity index (χ0n) is 17.6. The number of thioether (sulfide) groups is 1. The van der Waals surface area contributed by atoms with Gasteiger partial charge in [0.25, 0.3) is 0 Å². The quantitative estimate of drug-likeness (QED) is 0.350. The number of rotatable bonds is 8. The van der Waals surface area contributed by atoms with Crippen LogP contribution in [0, 0.1) is 6.92 Å². The first-order chi connectivity index (χ1) is 14.9. The van der Waals surface area contributed by atoms with Crippen LogP contribution in [-0.4, -0.2) is 37.9 Å². The van der Waals surface area contributed by atoms with Crippen LogP contribution in [0.15, 0.2) is 64.0 Å². The molecular formula is C24H24BrNO4S. The summed E-state index contributed by atoms with van der Waals surface area (Å²) < 4.78 is 11.2. The van der Waals surface area contributed by atoms with Crippen molar-refractivity contribution in [2.24, 2.45) is 0 Å². The van der Waals surface area contributed by atoms with Crippen molar-refractivity contribution in [3.05, 3.63) is 70.2 Å². The maximum Gasteiger partial charge on any atom is 0.328 e. The molecule has 0 fully saturated rings. The Kier molecular flexibility index (Phi) is 7.98. The molecule has 0 bridgehead atoms. The summed E-state index contributed by atoms with van der Waals surface area (Å²) in [6.45, 7) is 1.95. The molecule has 31 heavy (non-hydrogen) atoms. The third-order valence-corrected chi connectivity index (χ3v) is 7.09. The molecule has 1 unspecified atom stereocenters. The van der Waals surface area contributed by atoms with Gasteiger partial charge < -0.3 is 14.8 Å². The highest BCUT2D eigenvalue weighted by Gasteiger charge is 2.22. The molecule has 0 heterocycles. The molecule has 7 heteroatoms. The molecule has 1 amide bonds. The summed E-state index contributed by atoms with van der Waals surface area (Å²) in [4.78, 5) is 25.8. The van der Waals surface area contributed by atoms with Gasteiger partial charge in [0.1, 0.15) is 11.8 Å². The predicted octanol–water partition coefficient (Wildman–Crippen LogP) is 4.91. The van der Waals surface area contributed by atoms with Gasteiger partial charge in [-0.15, -0.1) is 11.8 Å². The van der Waals surface area contributed by atoms with Crippen molar-refractivity contribution in [2.45, 2.75) is 24.3 Å². The van der Waals surface area contributed by atoms with Crippen molar-refractivity contribution in [2.75, 3.05) is 20.0 Å². The number of amides is 1. The number of esters is 1. The van der Waals surface area contributed by atoms with E-state index in [2.05, 4.69) is 21.2 Å². The van der Waals surface area contributed by atoms with Crippen LogP contribution in [0.3, 0.4) is 0 Å². The fourth-order valence-corrected chi connectivity index (χ4v) is 4.87. The summed E-state index contributed by atoms with van der Waals surface area (Å²) in [5.41, 5.74) is 1.88. The summed E-state index contributed by atoms with van der Waals surface area (Å²) in [6, 6.07) is 17.0. The second-order valence-electron chi connectivity index (χ2n) is 7.04. The lowest BCUT2D eigenvalue weighted by Gasteiger charge is -2.17. The highest BCUT2D eigenvalue weighted by atomic mass is 79.9. The normalized spacial score (nSPS) is 11.7. The van der Waals surface area contributed by atoms with Gasteiger partial charge in [0.2, 0.25) is 5.91 Å². The van der Waals surface area contributed by atoms with Crippen LogP contribution >= 0.6 is 27.7 Å². The molecule has 3 aromatic carbocycles. The number of nitrogens with one attached hydrogen (secondary N) is 1. The number of carbonyl (C=O) groups excluding carboxylic acids is 2. The third-order valence-electron chi connectivity index (χ3n) is 4.92. The van der Waals surface area contributed by atoms with E-state index >= 15 is 0 Å². The Labute approximate surface area is 194 Å². The Morgan fingerprint density at radius 1 is 1.10 bits per heavy atom. The molecule has 5 nitrogen and oxygen atoms in total. The van der Waals surface area contributed by atoms with E-state index in [9.17, 15) is 9.59 Å². The maximum absolute atomic E-state index is 12.6. The Morgan fingerprint density at radius 2 is 1.87 bits per heavy atom. The summed E-state index contributed by atoms with van der Waals surface area (Å²) in [7, 11) is 2.92. The van der Waals surface area contributed by atoms with Gasteiger partial charge in [-0.2, -0.15) is 0 Å². The number of methoxy groups -OCH3 is 2. The van der Waals surface area contributed by atoms with Crippen molar-refractivity contribution in [1.29, 1.82) is 0 Å². The van der Waals surface area contributed by atoms with Crippen LogP contribution in [0.2, 0.25) is 0 Å². The fraction of sp³-hybridized carbons (Fsp3) is 0.250. The van der Waals surface area contributed by atoms with Crippen LogP contribution in [-0.2, 0) is 20.7 Å². The van der Waals surface area contributed by atoms with Crippen molar-refractivity contribution < 1.29 is 19.1 Å². The number of benzene rings is 3. The molecule has 0 aromatic heterocycles. The number of fused-ring (bicyclic) bond motifs is 1. The highest BCUT2D eigenvalue weighted by Crippen LogP contribution is 2.34. The first kappa shape index (κ1) is 23.2. The zero-order valence-corrected chi connectivity index (χ0v) is 20.0. The van der Waals surface area contributed by atoms with Crippen LogP contribution < -0.4 is 10.1 Å². The van der Waals surface area contributed by atoms with Crippen LogP contribution in [0.5, 0.6) is 5.75 Å². The van der Waals surface area contributed by atoms with Crippen molar-refractivity contribution in [3.8, 4) is 5.75 Å². The fourth-order valence-electron chi connectivity index (χ4n) is 3.27. The Morgan fingerprint density at radius 3 is 2.61 bits per heavy atom. The Balaban J connectivity index is 1.67. The second-order valence-corrected chi connectivity index (χ2v) is 8.85. The lowest BCUT2D eigenvalue weighted by atomic mass is 10.0. The number of aryl methyl sites for hydroxylation is 1. The standard InChI is InChI=1S/C24H24BrNO4S/c1-15-8-9-16(13-20(15)29-2)12-19(24(28)30-3)26-22(27)14-31-21-11-10-17-6-4-5-7-18(17)23(21)25/h4-11,13,19H,12,14H2,1-3H3,(H,26,27). The minimum atomic E-state index is -0.773. The average Bonchev–Trinajstić information content (AvgIpc) is 2.79. The zero-order chi connectivity index (χ0) is 22.4. The maximum atomic E-state index is 12.6. The third kappa shape index (κ3) is 5.80. The van der Waals surface area contributed by atoms with Crippen LogP contribution in [0.1, 0.15) is 11.1 Å². The largest absolute Gasteiger partial charge is 0.496 e. The number of ether oxygens (including phenoxy) is 2. The van der Waals surface area contributed by atoms with Crippen LogP contribution in [0.25, 0.3) is 10.8 Å². The molecule has 0 saturated carbocycles. The van der Waals surface area contributed by atoms with E-state index in [-0.39, 0.29) is 11.7 Å². The Hall–Kier alpha value is -2.51. The van der Waals surface area contributed by atoms with Crippen LogP contribution in [0.4, 0.5) is 0 Å². The van der Waals surface area contributed by atoms with Gasteiger partial charge >= 0.3 is 5.97 Å². The lowest BCUT2D eigenvalue weighted by molar-refractivity contribution is -0.144. The monoisotopic (exact) mass is 501 g/mol.